The Bertz CT molecular complexity index is 1230. The average Bonchev–Trinajstić information content (AvgIpc) is 3.25. The van der Waals surface area contributed by atoms with Gasteiger partial charge in [0, 0.05) is 12.7 Å². The molecule has 1 heterocycles. The van der Waals surface area contributed by atoms with Gasteiger partial charge in [-0.25, -0.2) is 4.79 Å². The molecule has 1 aromatic heterocycles. The number of aromatic nitrogens is 3. The Labute approximate surface area is 220 Å². The first-order valence-corrected chi connectivity index (χ1v) is 12.9. The van der Waals surface area contributed by atoms with Crippen LogP contribution in [-0.4, -0.2) is 51.0 Å². The van der Waals surface area contributed by atoms with Crippen LogP contribution in [0.5, 0.6) is 5.75 Å². The Morgan fingerprint density at radius 2 is 1.84 bits per heavy atom. The number of rotatable bonds is 12. The molecule has 196 valence electrons. The van der Waals surface area contributed by atoms with Crippen LogP contribution in [0.4, 0.5) is 5.69 Å². The summed E-state index contributed by atoms with van der Waals surface area (Å²) in [7, 11) is 1.76. The molecule has 10 nitrogen and oxygen atoms in total. The lowest BCUT2D eigenvalue weighted by Crippen LogP contribution is -2.36. The molecule has 0 aliphatic heterocycles. The minimum absolute atomic E-state index is 0.0870. The van der Waals surface area contributed by atoms with Gasteiger partial charge in [0.1, 0.15) is 5.75 Å². The van der Waals surface area contributed by atoms with E-state index in [0.29, 0.717) is 28.0 Å². The molecule has 0 spiro atoms. The van der Waals surface area contributed by atoms with E-state index in [1.807, 2.05) is 24.3 Å². The van der Waals surface area contributed by atoms with Crippen molar-refractivity contribution < 1.29 is 23.9 Å². The van der Waals surface area contributed by atoms with Gasteiger partial charge in [-0.3, -0.25) is 9.59 Å². The lowest BCUT2D eigenvalue weighted by atomic mass is 10.2. The van der Waals surface area contributed by atoms with Crippen LogP contribution in [-0.2, 0) is 34.3 Å². The Kier molecular flexibility index (Phi) is 10.1. The van der Waals surface area contributed by atoms with Crippen molar-refractivity contribution in [3.63, 3.8) is 0 Å². The number of ether oxygens (including phenoxy) is 2. The van der Waals surface area contributed by atoms with Crippen molar-refractivity contribution in [2.75, 3.05) is 17.7 Å². The fourth-order valence-corrected chi connectivity index (χ4v) is 3.99. The van der Waals surface area contributed by atoms with E-state index in [9.17, 15) is 14.4 Å². The van der Waals surface area contributed by atoms with Gasteiger partial charge in [0.25, 0.3) is 5.91 Å². The van der Waals surface area contributed by atoms with Gasteiger partial charge in [0.05, 0.1) is 24.5 Å². The fourth-order valence-electron chi connectivity index (χ4n) is 3.26. The van der Waals surface area contributed by atoms with Gasteiger partial charge in [-0.15, -0.1) is 10.2 Å². The summed E-state index contributed by atoms with van der Waals surface area (Å²) in [5, 5.41) is 14.3. The Morgan fingerprint density at radius 3 is 2.54 bits per heavy atom. The number of hydrogen-bond acceptors (Lipinski definition) is 8. The van der Waals surface area contributed by atoms with E-state index in [4.69, 9.17) is 9.47 Å². The van der Waals surface area contributed by atoms with E-state index in [0.717, 1.165) is 6.42 Å². The summed E-state index contributed by atoms with van der Waals surface area (Å²) >= 11 is 1.21. The number of carbonyl (C=O) groups is 3. The molecule has 3 rings (SSSR count). The highest BCUT2D eigenvalue weighted by Gasteiger charge is 2.17. The number of benzene rings is 2. The molecule has 0 saturated carbocycles. The number of nitrogens with zero attached hydrogens (tertiary/aromatic N) is 3. The van der Waals surface area contributed by atoms with Crippen molar-refractivity contribution in [2.24, 2.45) is 7.05 Å². The lowest BCUT2D eigenvalue weighted by molar-refractivity contribution is -0.127. The molecule has 1 atom stereocenters. The number of nitrogens with one attached hydrogen (secondary N) is 2. The van der Waals surface area contributed by atoms with Crippen molar-refractivity contribution in [2.45, 2.75) is 45.0 Å². The third kappa shape index (κ3) is 8.07. The zero-order valence-electron chi connectivity index (χ0n) is 21.3. The van der Waals surface area contributed by atoms with Crippen LogP contribution in [0.15, 0.2) is 53.7 Å². The highest BCUT2D eigenvalue weighted by Crippen LogP contribution is 2.18. The highest BCUT2D eigenvalue weighted by atomic mass is 32.2. The molecule has 3 aromatic rings. The summed E-state index contributed by atoms with van der Waals surface area (Å²) in [5.41, 5.74) is 2.05. The van der Waals surface area contributed by atoms with Gasteiger partial charge in [0.15, 0.2) is 17.1 Å². The maximum absolute atomic E-state index is 12.5. The van der Waals surface area contributed by atoms with E-state index < -0.39 is 12.1 Å². The zero-order chi connectivity index (χ0) is 26.8. The first-order valence-electron chi connectivity index (χ1n) is 11.9. The third-order valence-corrected chi connectivity index (χ3v) is 6.37. The third-order valence-electron chi connectivity index (χ3n) is 5.35. The molecular weight excluding hydrogens is 494 g/mol. The summed E-state index contributed by atoms with van der Waals surface area (Å²) in [6, 6.07) is 14.2. The summed E-state index contributed by atoms with van der Waals surface area (Å²) in [6.45, 7) is 5.93. The second-order valence-corrected chi connectivity index (χ2v) is 9.01. The smallest absolute Gasteiger partial charge is 0.338 e. The number of thioether (sulfide) groups is 1. The van der Waals surface area contributed by atoms with E-state index in [-0.39, 0.29) is 30.7 Å². The molecule has 2 aromatic carbocycles. The predicted molar refractivity (Wildman–Crippen MR) is 141 cm³/mol. The van der Waals surface area contributed by atoms with Crippen molar-refractivity contribution in [1.29, 1.82) is 0 Å². The van der Waals surface area contributed by atoms with Gasteiger partial charge in [0.2, 0.25) is 5.91 Å². The largest absolute Gasteiger partial charge is 0.481 e. The van der Waals surface area contributed by atoms with Crippen LogP contribution in [0, 0.1) is 0 Å². The van der Waals surface area contributed by atoms with Crippen LogP contribution in [0.1, 0.15) is 42.5 Å². The highest BCUT2D eigenvalue weighted by molar-refractivity contribution is 7.99. The van der Waals surface area contributed by atoms with Gasteiger partial charge in [-0.05, 0) is 56.2 Å². The minimum atomic E-state index is -0.680. The Balaban J connectivity index is 1.47. The molecule has 0 radical (unpaired) electrons. The molecule has 0 aliphatic rings. The van der Waals surface area contributed by atoms with Crippen molar-refractivity contribution in [1.82, 2.24) is 20.1 Å². The Morgan fingerprint density at radius 1 is 1.08 bits per heavy atom. The maximum Gasteiger partial charge on any atom is 0.338 e. The molecule has 0 bridgehead atoms. The van der Waals surface area contributed by atoms with Gasteiger partial charge in [-0.2, -0.15) is 0 Å². The van der Waals surface area contributed by atoms with E-state index in [1.165, 1.54) is 17.3 Å². The molecule has 2 amide bonds. The molecule has 2 N–H and O–H groups in total. The second-order valence-electron chi connectivity index (χ2n) is 8.07. The van der Waals surface area contributed by atoms with E-state index >= 15 is 0 Å². The van der Waals surface area contributed by atoms with Crippen LogP contribution >= 0.6 is 11.8 Å². The van der Waals surface area contributed by atoms with Crippen LogP contribution in [0.25, 0.3) is 0 Å². The fraction of sp³-hybridized carbons (Fsp3) is 0.346. The summed E-state index contributed by atoms with van der Waals surface area (Å²) < 4.78 is 12.4. The average molecular weight is 526 g/mol. The van der Waals surface area contributed by atoms with Gasteiger partial charge < -0.3 is 24.7 Å². The molecule has 0 saturated heterocycles. The molecule has 0 aliphatic carbocycles. The van der Waals surface area contributed by atoms with E-state index in [2.05, 4.69) is 27.8 Å². The summed E-state index contributed by atoms with van der Waals surface area (Å²) in [4.78, 5) is 36.8. The van der Waals surface area contributed by atoms with Gasteiger partial charge in [-0.1, -0.05) is 36.9 Å². The summed E-state index contributed by atoms with van der Waals surface area (Å²) in [6.07, 6.45) is 0.254. The van der Waals surface area contributed by atoms with Crippen LogP contribution < -0.4 is 15.4 Å². The van der Waals surface area contributed by atoms with Crippen molar-refractivity contribution in [3.05, 3.63) is 65.5 Å². The Hall–Kier alpha value is -3.86. The number of aryl methyl sites for hydroxylation is 1. The van der Waals surface area contributed by atoms with Gasteiger partial charge >= 0.3 is 5.97 Å². The normalized spacial score (nSPS) is 11.5. The number of esters is 1. The van der Waals surface area contributed by atoms with Crippen LogP contribution in [0.3, 0.4) is 0 Å². The number of hydrogen-bond donors (Lipinski definition) is 2. The second kappa shape index (κ2) is 13.4. The SMILES string of the molecule is CCOC(=O)c1cccc(NC(=O)CSc2nnc(CNC(=O)C(C)Oc3ccc(CC)cc3)n2C)c1. The quantitative estimate of drug-likeness (QED) is 0.272. The zero-order valence-corrected chi connectivity index (χ0v) is 22.1. The lowest BCUT2D eigenvalue weighted by Gasteiger charge is -2.15. The standard InChI is InChI=1S/C26H31N5O5S/c1-5-18-10-12-21(13-11-18)36-17(3)24(33)27-15-22-29-30-26(31(22)4)37-16-23(32)28-20-9-7-8-19(14-20)25(34)35-6-2/h7-14,17H,5-6,15-16H2,1-4H3,(H,27,33)(H,28,32). The topological polar surface area (TPSA) is 124 Å². The summed E-state index contributed by atoms with van der Waals surface area (Å²) in [5.74, 6) is 0.270. The van der Waals surface area contributed by atoms with Crippen molar-refractivity contribution >= 4 is 35.2 Å². The molecule has 11 heteroatoms. The first kappa shape index (κ1) is 27.7. The monoisotopic (exact) mass is 525 g/mol. The molecular formula is C26H31N5O5S. The predicted octanol–water partition coefficient (Wildman–Crippen LogP) is 3.37. The number of amides is 2. The molecule has 37 heavy (non-hydrogen) atoms. The number of anilines is 1. The number of carbonyl (C=O) groups excluding carboxylic acids is 3. The van der Waals surface area contributed by atoms with Crippen molar-refractivity contribution in [3.8, 4) is 5.75 Å². The molecule has 1 unspecified atom stereocenters. The molecule has 0 fully saturated rings. The van der Waals surface area contributed by atoms with Crippen LogP contribution in [0.2, 0.25) is 0 Å². The minimum Gasteiger partial charge on any atom is -0.481 e. The first-order chi connectivity index (χ1) is 17.8. The maximum atomic E-state index is 12.5. The van der Waals surface area contributed by atoms with E-state index in [1.54, 1.807) is 49.7 Å².